The van der Waals surface area contributed by atoms with Gasteiger partial charge in [0.2, 0.25) is 11.8 Å². The van der Waals surface area contributed by atoms with Crippen LogP contribution in [0.2, 0.25) is 0 Å². The third-order valence-electron chi connectivity index (χ3n) is 5.01. The van der Waals surface area contributed by atoms with E-state index >= 15 is 0 Å². The lowest BCUT2D eigenvalue weighted by atomic mass is 10.1. The molecule has 0 aliphatic rings. The molecule has 0 aliphatic heterocycles. The maximum Gasteiger partial charge on any atom is 0.234 e. The molecular weight excluding hydrogens is 438 g/mol. The SMILES string of the molecule is CCOc1ccccc1NC(=O)CSc1nnc(CC(=O)Nc2ccc(C)c(C)c2)n1CC. The Labute approximate surface area is 198 Å². The van der Waals surface area contributed by atoms with Crippen LogP contribution < -0.4 is 15.4 Å². The summed E-state index contributed by atoms with van der Waals surface area (Å²) in [4.78, 5) is 25.0. The number of carbonyl (C=O) groups is 2. The molecule has 174 valence electrons. The monoisotopic (exact) mass is 467 g/mol. The molecule has 0 aliphatic carbocycles. The quantitative estimate of drug-likeness (QED) is 0.433. The Morgan fingerprint density at radius 2 is 1.79 bits per heavy atom. The van der Waals surface area contributed by atoms with Crippen molar-refractivity contribution >= 4 is 35.0 Å². The largest absolute Gasteiger partial charge is 0.492 e. The molecule has 0 bridgehead atoms. The highest BCUT2D eigenvalue weighted by atomic mass is 32.2. The lowest BCUT2D eigenvalue weighted by Crippen LogP contribution is -2.18. The summed E-state index contributed by atoms with van der Waals surface area (Å²) >= 11 is 1.28. The number of aromatic nitrogens is 3. The normalized spacial score (nSPS) is 10.7. The topological polar surface area (TPSA) is 98.1 Å². The number of amides is 2. The standard InChI is InChI=1S/C24H29N5O3S/c1-5-29-21(14-22(30)25-18-12-11-16(3)17(4)13-18)27-28-24(29)33-15-23(31)26-19-9-7-8-10-20(19)32-6-2/h7-13H,5-6,14-15H2,1-4H3,(H,25,30)(H,26,31). The summed E-state index contributed by atoms with van der Waals surface area (Å²) in [6.07, 6.45) is 0.0995. The molecule has 8 nitrogen and oxygen atoms in total. The van der Waals surface area contributed by atoms with Gasteiger partial charge in [-0.3, -0.25) is 9.59 Å². The fraction of sp³-hybridized carbons (Fsp3) is 0.333. The first-order valence-electron chi connectivity index (χ1n) is 10.8. The first-order chi connectivity index (χ1) is 15.9. The molecule has 1 aromatic heterocycles. The molecule has 1 heterocycles. The zero-order valence-electron chi connectivity index (χ0n) is 19.3. The van der Waals surface area contributed by atoms with Gasteiger partial charge in [-0.15, -0.1) is 10.2 Å². The molecule has 2 amide bonds. The predicted molar refractivity (Wildman–Crippen MR) is 131 cm³/mol. The van der Waals surface area contributed by atoms with Gasteiger partial charge in [0.05, 0.1) is 24.5 Å². The van der Waals surface area contributed by atoms with E-state index in [0.717, 1.165) is 11.3 Å². The molecule has 3 aromatic rings. The van der Waals surface area contributed by atoms with Gasteiger partial charge in [-0.2, -0.15) is 0 Å². The summed E-state index contributed by atoms with van der Waals surface area (Å²) in [5.74, 6) is 1.01. The van der Waals surface area contributed by atoms with Crippen molar-refractivity contribution in [3.05, 3.63) is 59.4 Å². The molecule has 0 spiro atoms. The Kier molecular flexibility index (Phi) is 8.48. The number of anilines is 2. The van der Waals surface area contributed by atoms with E-state index in [9.17, 15) is 9.59 Å². The smallest absolute Gasteiger partial charge is 0.234 e. The molecule has 0 atom stereocenters. The van der Waals surface area contributed by atoms with Crippen LogP contribution >= 0.6 is 11.8 Å². The second kappa shape index (κ2) is 11.5. The highest BCUT2D eigenvalue weighted by molar-refractivity contribution is 7.99. The minimum absolute atomic E-state index is 0.0995. The van der Waals surface area contributed by atoms with E-state index in [-0.39, 0.29) is 24.0 Å². The van der Waals surface area contributed by atoms with Crippen molar-refractivity contribution in [1.82, 2.24) is 14.8 Å². The molecule has 33 heavy (non-hydrogen) atoms. The number of nitrogens with zero attached hydrogens (tertiary/aromatic N) is 3. The van der Waals surface area contributed by atoms with Gasteiger partial charge >= 0.3 is 0 Å². The lowest BCUT2D eigenvalue weighted by molar-refractivity contribution is -0.116. The third-order valence-corrected chi connectivity index (χ3v) is 5.98. The molecule has 0 unspecified atom stereocenters. The van der Waals surface area contributed by atoms with E-state index in [2.05, 4.69) is 20.8 Å². The Morgan fingerprint density at radius 3 is 2.52 bits per heavy atom. The average Bonchev–Trinajstić information content (AvgIpc) is 3.17. The molecule has 0 radical (unpaired) electrons. The number of hydrogen-bond donors (Lipinski definition) is 2. The van der Waals surface area contributed by atoms with Crippen LogP contribution in [0, 0.1) is 13.8 Å². The molecular formula is C24H29N5O3S. The van der Waals surface area contributed by atoms with Gasteiger partial charge in [-0.25, -0.2) is 0 Å². The number of benzene rings is 2. The second-order valence-corrected chi connectivity index (χ2v) is 8.38. The van der Waals surface area contributed by atoms with Gasteiger partial charge in [-0.1, -0.05) is 30.0 Å². The Hall–Kier alpha value is -3.33. The average molecular weight is 468 g/mol. The molecule has 2 N–H and O–H groups in total. The third kappa shape index (κ3) is 6.58. The van der Waals surface area contributed by atoms with Crippen LogP contribution in [0.25, 0.3) is 0 Å². The van der Waals surface area contributed by atoms with Gasteiger partial charge in [-0.05, 0) is 63.1 Å². The Morgan fingerprint density at radius 1 is 1.00 bits per heavy atom. The second-order valence-electron chi connectivity index (χ2n) is 7.43. The fourth-order valence-corrected chi connectivity index (χ4v) is 4.03. The summed E-state index contributed by atoms with van der Waals surface area (Å²) < 4.78 is 7.40. The van der Waals surface area contributed by atoms with Crippen LogP contribution in [-0.4, -0.2) is 38.9 Å². The van der Waals surface area contributed by atoms with Crippen molar-refractivity contribution < 1.29 is 14.3 Å². The van der Waals surface area contributed by atoms with E-state index in [1.807, 2.05) is 68.7 Å². The summed E-state index contributed by atoms with van der Waals surface area (Å²) in [5, 5.41) is 14.7. The fourth-order valence-electron chi connectivity index (χ4n) is 3.21. The molecule has 3 rings (SSSR count). The van der Waals surface area contributed by atoms with E-state index in [1.54, 1.807) is 6.07 Å². The van der Waals surface area contributed by atoms with Gasteiger partial charge < -0.3 is 19.9 Å². The van der Waals surface area contributed by atoms with E-state index in [1.165, 1.54) is 17.3 Å². The maximum absolute atomic E-state index is 12.5. The number of ether oxygens (including phenoxy) is 1. The van der Waals surface area contributed by atoms with Crippen molar-refractivity contribution in [2.45, 2.75) is 45.8 Å². The minimum atomic E-state index is -0.174. The van der Waals surface area contributed by atoms with Crippen LogP contribution in [0.4, 0.5) is 11.4 Å². The number of hydrogen-bond acceptors (Lipinski definition) is 6. The first-order valence-corrected chi connectivity index (χ1v) is 11.8. The molecule has 0 fully saturated rings. The van der Waals surface area contributed by atoms with E-state index in [4.69, 9.17) is 4.74 Å². The highest BCUT2D eigenvalue weighted by Gasteiger charge is 2.17. The van der Waals surface area contributed by atoms with Crippen molar-refractivity contribution in [3.8, 4) is 5.75 Å². The minimum Gasteiger partial charge on any atom is -0.492 e. The number of rotatable bonds is 10. The molecule has 0 saturated heterocycles. The first kappa shape index (κ1) is 24.3. The maximum atomic E-state index is 12.5. The van der Waals surface area contributed by atoms with Gasteiger partial charge in [0, 0.05) is 12.2 Å². The molecule has 0 saturated carbocycles. The highest BCUT2D eigenvalue weighted by Crippen LogP contribution is 2.25. The van der Waals surface area contributed by atoms with Crippen molar-refractivity contribution in [2.24, 2.45) is 0 Å². The predicted octanol–water partition coefficient (Wildman–Crippen LogP) is 4.23. The summed E-state index contributed by atoms with van der Waals surface area (Å²) in [6.45, 7) is 9.00. The van der Waals surface area contributed by atoms with Gasteiger partial charge in [0.25, 0.3) is 0 Å². The molecule has 9 heteroatoms. The van der Waals surface area contributed by atoms with Crippen molar-refractivity contribution in [2.75, 3.05) is 23.0 Å². The summed E-state index contributed by atoms with van der Waals surface area (Å²) in [5.41, 5.74) is 3.67. The zero-order valence-corrected chi connectivity index (χ0v) is 20.2. The van der Waals surface area contributed by atoms with Crippen LogP contribution in [0.1, 0.15) is 30.8 Å². The number of nitrogens with one attached hydrogen (secondary N) is 2. The van der Waals surface area contributed by atoms with Crippen molar-refractivity contribution in [3.63, 3.8) is 0 Å². The Balaban J connectivity index is 1.59. The van der Waals surface area contributed by atoms with Crippen molar-refractivity contribution in [1.29, 1.82) is 0 Å². The van der Waals surface area contributed by atoms with Crippen LogP contribution in [-0.2, 0) is 22.6 Å². The number of carbonyl (C=O) groups excluding carboxylic acids is 2. The van der Waals surface area contributed by atoms with E-state index in [0.29, 0.717) is 35.6 Å². The number of thioether (sulfide) groups is 1. The summed E-state index contributed by atoms with van der Waals surface area (Å²) in [6, 6.07) is 13.1. The zero-order chi connectivity index (χ0) is 23.8. The van der Waals surface area contributed by atoms with E-state index < -0.39 is 0 Å². The summed E-state index contributed by atoms with van der Waals surface area (Å²) in [7, 11) is 0. The number of para-hydroxylation sites is 2. The van der Waals surface area contributed by atoms with Crippen LogP contribution in [0.5, 0.6) is 5.75 Å². The van der Waals surface area contributed by atoms with Crippen LogP contribution in [0.3, 0.4) is 0 Å². The number of aryl methyl sites for hydroxylation is 2. The van der Waals surface area contributed by atoms with Gasteiger partial charge in [0.1, 0.15) is 11.6 Å². The molecule has 2 aromatic carbocycles. The van der Waals surface area contributed by atoms with Gasteiger partial charge in [0.15, 0.2) is 5.16 Å². The van der Waals surface area contributed by atoms with Crippen LogP contribution in [0.15, 0.2) is 47.6 Å². The lowest BCUT2D eigenvalue weighted by Gasteiger charge is -2.11. The Bertz CT molecular complexity index is 1130.